The van der Waals surface area contributed by atoms with Gasteiger partial charge in [-0.1, -0.05) is 30.3 Å². The summed E-state index contributed by atoms with van der Waals surface area (Å²) in [6.45, 7) is 1.56. The summed E-state index contributed by atoms with van der Waals surface area (Å²) in [6.07, 6.45) is 2.07. The molecule has 1 aromatic carbocycles. The van der Waals surface area contributed by atoms with Gasteiger partial charge in [0, 0.05) is 11.8 Å². The Labute approximate surface area is 122 Å². The van der Waals surface area contributed by atoms with E-state index >= 15 is 0 Å². The molecule has 0 aliphatic carbocycles. The lowest BCUT2D eigenvalue weighted by Gasteiger charge is -2.17. The lowest BCUT2D eigenvalue weighted by molar-refractivity contribution is -0.385. The number of benzene rings is 1. The van der Waals surface area contributed by atoms with E-state index in [-0.39, 0.29) is 18.3 Å². The molecule has 1 unspecified atom stereocenters. The third-order valence-corrected chi connectivity index (χ3v) is 3.17. The topological polar surface area (TPSA) is 88.3 Å². The highest BCUT2D eigenvalue weighted by Crippen LogP contribution is 2.20. The lowest BCUT2D eigenvalue weighted by Crippen LogP contribution is -2.26. The van der Waals surface area contributed by atoms with Gasteiger partial charge in [0.25, 0.3) is 5.69 Å². The van der Waals surface area contributed by atoms with E-state index in [0.29, 0.717) is 17.8 Å². The molecule has 21 heavy (non-hydrogen) atoms. The molecule has 1 atom stereocenters. The van der Waals surface area contributed by atoms with Crippen LogP contribution in [0.5, 0.6) is 0 Å². The maximum atomic E-state index is 10.9. The first-order chi connectivity index (χ1) is 10.1. The summed E-state index contributed by atoms with van der Waals surface area (Å²) < 4.78 is 0. The number of aryl methyl sites for hydroxylation is 1. The molecule has 110 valence electrons. The zero-order valence-corrected chi connectivity index (χ0v) is 11.7. The minimum Gasteiger partial charge on any atom is -0.394 e. The quantitative estimate of drug-likeness (QED) is 0.628. The Balaban J connectivity index is 2.11. The van der Waals surface area contributed by atoms with Crippen molar-refractivity contribution in [3.05, 3.63) is 63.8 Å². The van der Waals surface area contributed by atoms with Gasteiger partial charge in [0.15, 0.2) is 0 Å². The second-order valence-corrected chi connectivity index (χ2v) is 4.83. The molecular weight excluding hydrogens is 270 g/mol. The van der Waals surface area contributed by atoms with Crippen LogP contribution in [-0.2, 0) is 6.42 Å². The average molecular weight is 287 g/mol. The monoisotopic (exact) mass is 287 g/mol. The van der Waals surface area contributed by atoms with Crippen LogP contribution in [0.1, 0.15) is 11.1 Å². The van der Waals surface area contributed by atoms with E-state index in [4.69, 9.17) is 0 Å². The molecule has 6 nitrogen and oxygen atoms in total. The second kappa shape index (κ2) is 6.81. The van der Waals surface area contributed by atoms with E-state index < -0.39 is 4.92 Å². The highest BCUT2D eigenvalue weighted by Gasteiger charge is 2.15. The Morgan fingerprint density at radius 1 is 1.38 bits per heavy atom. The molecule has 0 bridgehead atoms. The predicted octanol–water partition coefficient (Wildman–Crippen LogP) is 2.31. The molecule has 0 radical (unpaired) electrons. The van der Waals surface area contributed by atoms with Crippen molar-refractivity contribution in [1.29, 1.82) is 0 Å². The fourth-order valence-electron chi connectivity index (χ4n) is 2.06. The van der Waals surface area contributed by atoms with Gasteiger partial charge < -0.3 is 10.4 Å². The highest BCUT2D eigenvalue weighted by atomic mass is 16.6. The number of nitrogens with zero attached hydrogens (tertiary/aromatic N) is 2. The fraction of sp³-hybridized carbons (Fsp3) is 0.267. The van der Waals surface area contributed by atoms with Gasteiger partial charge in [-0.15, -0.1) is 0 Å². The summed E-state index contributed by atoms with van der Waals surface area (Å²) in [5.74, 6) is 0.391. The molecule has 0 saturated heterocycles. The Hall–Kier alpha value is -2.47. The first-order valence-corrected chi connectivity index (χ1v) is 6.62. The SMILES string of the molecule is Cc1cnc(NC(CO)Cc2ccccc2)cc1[N+](=O)[O-]. The summed E-state index contributed by atoms with van der Waals surface area (Å²) >= 11 is 0. The van der Waals surface area contributed by atoms with Crippen LogP contribution in [0, 0.1) is 17.0 Å². The summed E-state index contributed by atoms with van der Waals surface area (Å²) in [6, 6.07) is 10.9. The van der Waals surface area contributed by atoms with Crippen LogP contribution >= 0.6 is 0 Å². The van der Waals surface area contributed by atoms with Gasteiger partial charge in [-0.3, -0.25) is 10.1 Å². The van der Waals surface area contributed by atoms with Crippen LogP contribution in [0.25, 0.3) is 0 Å². The van der Waals surface area contributed by atoms with Crippen molar-refractivity contribution >= 4 is 11.5 Å². The first kappa shape index (κ1) is 14.9. The third kappa shape index (κ3) is 4.00. The molecule has 1 aromatic heterocycles. The summed E-state index contributed by atoms with van der Waals surface area (Å²) in [5.41, 5.74) is 1.60. The molecule has 0 aliphatic heterocycles. The number of anilines is 1. The Morgan fingerprint density at radius 3 is 2.71 bits per heavy atom. The van der Waals surface area contributed by atoms with Crippen molar-refractivity contribution in [1.82, 2.24) is 4.98 Å². The summed E-state index contributed by atoms with van der Waals surface area (Å²) in [5, 5.41) is 23.4. The van der Waals surface area contributed by atoms with E-state index in [2.05, 4.69) is 10.3 Å². The molecule has 6 heteroatoms. The van der Waals surface area contributed by atoms with Crippen molar-refractivity contribution in [2.75, 3.05) is 11.9 Å². The van der Waals surface area contributed by atoms with Gasteiger partial charge in [0.05, 0.1) is 23.6 Å². The molecule has 2 aromatic rings. The maximum Gasteiger partial charge on any atom is 0.277 e. The summed E-state index contributed by atoms with van der Waals surface area (Å²) in [7, 11) is 0. The van der Waals surface area contributed by atoms with Gasteiger partial charge >= 0.3 is 0 Å². The van der Waals surface area contributed by atoms with Crippen LogP contribution in [0.2, 0.25) is 0 Å². The Kier molecular flexibility index (Phi) is 4.84. The summed E-state index contributed by atoms with van der Waals surface area (Å²) in [4.78, 5) is 14.6. The zero-order valence-electron chi connectivity index (χ0n) is 11.7. The largest absolute Gasteiger partial charge is 0.394 e. The number of pyridine rings is 1. The highest BCUT2D eigenvalue weighted by molar-refractivity contribution is 5.49. The second-order valence-electron chi connectivity index (χ2n) is 4.83. The van der Waals surface area contributed by atoms with Crippen LogP contribution in [-0.4, -0.2) is 27.7 Å². The molecule has 2 N–H and O–H groups in total. The number of aromatic nitrogens is 1. The minimum absolute atomic E-state index is 0.0175. The number of aliphatic hydroxyl groups is 1. The first-order valence-electron chi connectivity index (χ1n) is 6.62. The normalized spacial score (nSPS) is 11.9. The van der Waals surface area contributed by atoms with E-state index in [9.17, 15) is 15.2 Å². The number of nitro groups is 1. The van der Waals surface area contributed by atoms with Gasteiger partial charge in [0.2, 0.25) is 0 Å². The Bertz CT molecular complexity index is 617. The number of aliphatic hydroxyl groups excluding tert-OH is 1. The van der Waals surface area contributed by atoms with Crippen molar-refractivity contribution < 1.29 is 10.0 Å². The standard InChI is InChI=1S/C15H17N3O3/c1-11-9-16-15(8-14(11)18(20)21)17-13(10-19)7-12-5-3-2-4-6-12/h2-6,8-9,13,19H,7,10H2,1H3,(H,16,17). The van der Waals surface area contributed by atoms with Crippen LogP contribution < -0.4 is 5.32 Å². The average Bonchev–Trinajstić information content (AvgIpc) is 2.49. The molecule has 0 fully saturated rings. The van der Waals surface area contributed by atoms with Crippen LogP contribution in [0.4, 0.5) is 11.5 Å². The number of hydrogen-bond donors (Lipinski definition) is 2. The molecule has 0 aliphatic rings. The van der Waals surface area contributed by atoms with E-state index in [1.807, 2.05) is 30.3 Å². The van der Waals surface area contributed by atoms with Crippen molar-refractivity contribution in [3.63, 3.8) is 0 Å². The molecular formula is C15H17N3O3. The number of hydrogen-bond acceptors (Lipinski definition) is 5. The van der Waals surface area contributed by atoms with Crippen molar-refractivity contribution in [2.24, 2.45) is 0 Å². The molecule has 2 rings (SSSR count). The van der Waals surface area contributed by atoms with Gasteiger partial charge in [0.1, 0.15) is 5.82 Å². The van der Waals surface area contributed by atoms with E-state index in [0.717, 1.165) is 5.56 Å². The van der Waals surface area contributed by atoms with E-state index in [1.54, 1.807) is 6.92 Å². The number of nitrogens with one attached hydrogen (secondary N) is 1. The number of rotatable bonds is 6. The Morgan fingerprint density at radius 2 is 2.10 bits per heavy atom. The van der Waals surface area contributed by atoms with Crippen molar-refractivity contribution in [2.45, 2.75) is 19.4 Å². The zero-order chi connectivity index (χ0) is 15.2. The predicted molar refractivity (Wildman–Crippen MR) is 80.3 cm³/mol. The van der Waals surface area contributed by atoms with Gasteiger partial charge in [-0.05, 0) is 18.9 Å². The minimum atomic E-state index is -0.437. The molecule has 1 heterocycles. The molecule has 0 spiro atoms. The smallest absolute Gasteiger partial charge is 0.277 e. The molecule has 0 amide bonds. The lowest BCUT2D eigenvalue weighted by atomic mass is 10.1. The third-order valence-electron chi connectivity index (χ3n) is 3.17. The molecule has 0 saturated carbocycles. The maximum absolute atomic E-state index is 10.9. The van der Waals surface area contributed by atoms with Crippen molar-refractivity contribution in [3.8, 4) is 0 Å². The van der Waals surface area contributed by atoms with Crippen LogP contribution in [0.3, 0.4) is 0 Å². The fourth-order valence-corrected chi connectivity index (χ4v) is 2.06. The van der Waals surface area contributed by atoms with E-state index in [1.165, 1.54) is 12.3 Å². The van der Waals surface area contributed by atoms with Gasteiger partial charge in [-0.2, -0.15) is 0 Å². The van der Waals surface area contributed by atoms with Crippen LogP contribution in [0.15, 0.2) is 42.6 Å². The van der Waals surface area contributed by atoms with Gasteiger partial charge in [-0.25, -0.2) is 4.98 Å².